The van der Waals surface area contributed by atoms with Gasteiger partial charge in [0.05, 0.1) is 0 Å². The van der Waals surface area contributed by atoms with Gasteiger partial charge < -0.3 is 5.73 Å². The van der Waals surface area contributed by atoms with Crippen LogP contribution in [0.2, 0.25) is 0 Å². The standard InChI is InChI=1S/C12H14BrN3O2S2/c1-2-16(8-10-4-3-5-19-10)20(17,18)11-6-9(13)7-15-12(11)14/h3-7H,2,8H2,1H3,(H2,14,15). The van der Waals surface area contributed by atoms with E-state index in [2.05, 4.69) is 20.9 Å². The third-order valence-corrected chi connectivity index (χ3v) is 5.98. The van der Waals surface area contributed by atoms with E-state index in [1.54, 1.807) is 6.92 Å². The number of anilines is 1. The Balaban J connectivity index is 2.38. The Morgan fingerprint density at radius 2 is 2.25 bits per heavy atom. The first kappa shape index (κ1) is 15.4. The molecule has 0 amide bonds. The maximum Gasteiger partial charge on any atom is 0.247 e. The number of nitrogen functional groups attached to an aromatic ring is 1. The molecule has 0 fully saturated rings. The fourth-order valence-corrected chi connectivity index (χ4v) is 4.52. The number of nitrogens with two attached hydrogens (primary N) is 1. The molecule has 2 heterocycles. The summed E-state index contributed by atoms with van der Waals surface area (Å²) in [6, 6.07) is 5.29. The van der Waals surface area contributed by atoms with Gasteiger partial charge in [-0.05, 0) is 33.4 Å². The average Bonchev–Trinajstić information content (AvgIpc) is 2.91. The summed E-state index contributed by atoms with van der Waals surface area (Å²) in [5.41, 5.74) is 5.71. The van der Waals surface area contributed by atoms with Crippen LogP contribution < -0.4 is 5.73 Å². The Labute approximate surface area is 130 Å². The van der Waals surface area contributed by atoms with Crippen molar-refractivity contribution in [2.24, 2.45) is 0 Å². The Hall–Kier alpha value is -0.960. The quantitative estimate of drug-likeness (QED) is 0.871. The van der Waals surface area contributed by atoms with Crippen LogP contribution in [0.5, 0.6) is 0 Å². The number of halogens is 1. The molecule has 0 saturated carbocycles. The molecular weight excluding hydrogens is 362 g/mol. The summed E-state index contributed by atoms with van der Waals surface area (Å²) < 4.78 is 27.3. The number of pyridine rings is 1. The largest absolute Gasteiger partial charge is 0.383 e. The van der Waals surface area contributed by atoms with E-state index < -0.39 is 10.0 Å². The lowest BCUT2D eigenvalue weighted by molar-refractivity contribution is 0.426. The Kier molecular flexibility index (Phi) is 4.79. The van der Waals surface area contributed by atoms with E-state index in [1.807, 2.05) is 17.5 Å². The van der Waals surface area contributed by atoms with E-state index in [0.29, 0.717) is 17.6 Å². The zero-order valence-corrected chi connectivity index (χ0v) is 14.0. The summed E-state index contributed by atoms with van der Waals surface area (Å²) in [5.74, 6) is 0.0119. The van der Waals surface area contributed by atoms with Gasteiger partial charge in [0, 0.05) is 28.6 Å². The first-order chi connectivity index (χ1) is 9.45. The maximum absolute atomic E-state index is 12.7. The van der Waals surface area contributed by atoms with Gasteiger partial charge in [-0.3, -0.25) is 0 Å². The smallest absolute Gasteiger partial charge is 0.247 e. The normalized spacial score (nSPS) is 11.9. The molecule has 0 bridgehead atoms. The SMILES string of the molecule is CCN(Cc1cccs1)S(=O)(=O)c1cc(Br)cnc1N. The topological polar surface area (TPSA) is 76.3 Å². The van der Waals surface area contributed by atoms with Gasteiger partial charge in [-0.2, -0.15) is 4.31 Å². The molecule has 0 spiro atoms. The number of hydrogen-bond donors (Lipinski definition) is 1. The van der Waals surface area contributed by atoms with Crippen LogP contribution >= 0.6 is 27.3 Å². The second-order valence-electron chi connectivity index (χ2n) is 4.05. The molecule has 2 aromatic heterocycles. The van der Waals surface area contributed by atoms with Gasteiger partial charge in [0.2, 0.25) is 10.0 Å². The van der Waals surface area contributed by atoms with Crippen molar-refractivity contribution in [1.82, 2.24) is 9.29 Å². The van der Waals surface area contributed by atoms with Crippen molar-refractivity contribution >= 4 is 43.1 Å². The predicted octanol–water partition coefficient (Wildman–Crippen LogP) is 2.70. The number of thiophene rings is 1. The molecule has 0 aliphatic rings. The summed E-state index contributed by atoms with van der Waals surface area (Å²) in [4.78, 5) is 4.90. The number of nitrogens with zero attached hydrogens (tertiary/aromatic N) is 2. The summed E-state index contributed by atoms with van der Waals surface area (Å²) >= 11 is 4.74. The van der Waals surface area contributed by atoms with Gasteiger partial charge in [0.1, 0.15) is 10.7 Å². The first-order valence-electron chi connectivity index (χ1n) is 5.88. The number of aromatic nitrogens is 1. The van der Waals surface area contributed by atoms with Crippen LogP contribution in [0.1, 0.15) is 11.8 Å². The van der Waals surface area contributed by atoms with E-state index >= 15 is 0 Å². The minimum absolute atomic E-state index is 0.0119. The molecule has 2 aromatic rings. The van der Waals surface area contributed by atoms with Crippen LogP contribution in [0.3, 0.4) is 0 Å². The van der Waals surface area contributed by atoms with Gasteiger partial charge in [0.15, 0.2) is 0 Å². The zero-order valence-electron chi connectivity index (χ0n) is 10.8. The van der Waals surface area contributed by atoms with Crippen molar-refractivity contribution in [3.8, 4) is 0 Å². The predicted molar refractivity (Wildman–Crippen MR) is 83.9 cm³/mol. The van der Waals surface area contributed by atoms with Crippen molar-refractivity contribution in [2.45, 2.75) is 18.4 Å². The monoisotopic (exact) mass is 375 g/mol. The highest BCUT2D eigenvalue weighted by molar-refractivity contribution is 9.10. The van der Waals surface area contributed by atoms with Gasteiger partial charge in [-0.15, -0.1) is 11.3 Å². The lowest BCUT2D eigenvalue weighted by Gasteiger charge is -2.20. The lowest BCUT2D eigenvalue weighted by Crippen LogP contribution is -2.30. The molecule has 108 valence electrons. The third kappa shape index (κ3) is 3.20. The average molecular weight is 376 g/mol. The van der Waals surface area contributed by atoms with E-state index in [4.69, 9.17) is 5.73 Å². The summed E-state index contributed by atoms with van der Waals surface area (Å²) in [6.45, 7) is 2.50. The number of rotatable bonds is 5. The molecule has 2 N–H and O–H groups in total. The van der Waals surface area contributed by atoms with Crippen molar-refractivity contribution in [1.29, 1.82) is 0 Å². The Morgan fingerprint density at radius 3 is 2.85 bits per heavy atom. The number of sulfonamides is 1. The van der Waals surface area contributed by atoms with Gasteiger partial charge in [-0.25, -0.2) is 13.4 Å². The van der Waals surface area contributed by atoms with Crippen LogP contribution in [0.25, 0.3) is 0 Å². The maximum atomic E-state index is 12.7. The second kappa shape index (κ2) is 6.21. The number of hydrogen-bond acceptors (Lipinski definition) is 5. The van der Waals surface area contributed by atoms with E-state index in [9.17, 15) is 8.42 Å². The molecule has 0 radical (unpaired) electrons. The van der Waals surface area contributed by atoms with Crippen LogP contribution in [0.15, 0.2) is 39.1 Å². The van der Waals surface area contributed by atoms with E-state index in [1.165, 1.54) is 27.9 Å². The molecule has 0 atom stereocenters. The summed E-state index contributed by atoms with van der Waals surface area (Å²) in [6.07, 6.45) is 1.48. The zero-order chi connectivity index (χ0) is 14.8. The second-order valence-corrected chi connectivity index (χ2v) is 7.90. The minimum atomic E-state index is -3.66. The van der Waals surface area contributed by atoms with Gasteiger partial charge in [0.25, 0.3) is 0 Å². The minimum Gasteiger partial charge on any atom is -0.383 e. The van der Waals surface area contributed by atoms with E-state index in [-0.39, 0.29) is 10.7 Å². The highest BCUT2D eigenvalue weighted by Crippen LogP contribution is 2.25. The highest BCUT2D eigenvalue weighted by atomic mass is 79.9. The highest BCUT2D eigenvalue weighted by Gasteiger charge is 2.26. The molecular formula is C12H14BrN3O2S2. The Morgan fingerprint density at radius 1 is 1.50 bits per heavy atom. The van der Waals surface area contributed by atoms with Crippen molar-refractivity contribution in [3.05, 3.63) is 39.1 Å². The molecule has 0 aromatic carbocycles. The molecule has 0 saturated heterocycles. The van der Waals surface area contributed by atoms with Crippen LogP contribution in [0, 0.1) is 0 Å². The molecule has 0 unspecified atom stereocenters. The fourth-order valence-electron chi connectivity index (χ4n) is 1.72. The fraction of sp³-hybridized carbons (Fsp3) is 0.250. The third-order valence-electron chi connectivity index (χ3n) is 2.73. The first-order valence-corrected chi connectivity index (χ1v) is 9.00. The molecule has 5 nitrogen and oxygen atoms in total. The lowest BCUT2D eigenvalue weighted by atomic mass is 10.4. The Bertz CT molecular complexity index is 687. The van der Waals surface area contributed by atoms with Crippen LogP contribution in [-0.2, 0) is 16.6 Å². The molecule has 2 rings (SSSR count). The molecule has 0 aliphatic heterocycles. The van der Waals surface area contributed by atoms with Crippen molar-refractivity contribution < 1.29 is 8.42 Å². The molecule has 20 heavy (non-hydrogen) atoms. The van der Waals surface area contributed by atoms with Crippen LogP contribution in [0.4, 0.5) is 5.82 Å². The van der Waals surface area contributed by atoms with Crippen LogP contribution in [-0.4, -0.2) is 24.3 Å². The van der Waals surface area contributed by atoms with Gasteiger partial charge >= 0.3 is 0 Å². The van der Waals surface area contributed by atoms with Crippen molar-refractivity contribution in [2.75, 3.05) is 12.3 Å². The summed E-state index contributed by atoms with van der Waals surface area (Å²) in [7, 11) is -3.66. The van der Waals surface area contributed by atoms with E-state index in [0.717, 1.165) is 4.88 Å². The summed E-state index contributed by atoms with van der Waals surface area (Å²) in [5, 5.41) is 1.92. The molecule has 0 aliphatic carbocycles. The van der Waals surface area contributed by atoms with Crippen molar-refractivity contribution in [3.63, 3.8) is 0 Å². The van der Waals surface area contributed by atoms with Gasteiger partial charge in [-0.1, -0.05) is 13.0 Å². The molecule has 8 heteroatoms.